The molecule has 7 heteroatoms. The minimum atomic E-state index is -0.718. The number of hydrogen-bond donors (Lipinski definition) is 3. The average Bonchev–Trinajstić information content (AvgIpc) is 2.54. The predicted octanol–water partition coefficient (Wildman–Crippen LogP) is 1.84. The molecule has 2 fully saturated rings. The largest absolute Gasteiger partial charge is 0.481 e. The van der Waals surface area contributed by atoms with Crippen molar-refractivity contribution in [3.63, 3.8) is 0 Å². The number of ether oxygens (including phenoxy) is 1. The Morgan fingerprint density at radius 3 is 2.41 bits per heavy atom. The Hall–Kier alpha value is -0.950. The molecule has 0 aromatic rings. The van der Waals surface area contributed by atoms with Gasteiger partial charge in [0.2, 0.25) is 0 Å². The minimum Gasteiger partial charge on any atom is -0.481 e. The summed E-state index contributed by atoms with van der Waals surface area (Å²) in [6, 6.07) is -0.0470. The highest BCUT2D eigenvalue weighted by atomic mass is 32.2. The van der Waals surface area contributed by atoms with E-state index in [1.54, 1.807) is 11.8 Å². The summed E-state index contributed by atoms with van der Waals surface area (Å²) in [5, 5.41) is 14.9. The minimum absolute atomic E-state index is 0.0799. The van der Waals surface area contributed by atoms with E-state index in [-0.39, 0.29) is 22.7 Å². The summed E-state index contributed by atoms with van der Waals surface area (Å²) in [6.45, 7) is 2.15. The van der Waals surface area contributed by atoms with Gasteiger partial charge in [0.1, 0.15) is 0 Å². The third-order valence-electron chi connectivity index (χ3n) is 4.82. The zero-order valence-electron chi connectivity index (χ0n) is 13.1. The fourth-order valence-electron chi connectivity index (χ4n) is 3.16. The van der Waals surface area contributed by atoms with Crippen LogP contribution in [0, 0.1) is 5.92 Å². The van der Waals surface area contributed by atoms with Crippen LogP contribution >= 0.6 is 11.8 Å². The first kappa shape index (κ1) is 17.4. The fraction of sp³-hybridized carbons (Fsp3) is 0.867. The summed E-state index contributed by atoms with van der Waals surface area (Å²) in [4.78, 5) is 23.0. The van der Waals surface area contributed by atoms with E-state index in [9.17, 15) is 9.59 Å². The molecule has 1 aliphatic carbocycles. The van der Waals surface area contributed by atoms with Crippen molar-refractivity contribution in [1.29, 1.82) is 0 Å². The standard InChI is InChI=1S/C15H26N2O4S/c1-22-15(6-8-21-9-7-15)10-16-14(20)17-12-4-2-11(3-5-12)13(18)19/h11-12H,2-10H2,1H3,(H,18,19)(H2,16,17,20). The molecule has 22 heavy (non-hydrogen) atoms. The number of carboxylic acids is 1. The molecule has 0 bridgehead atoms. The molecule has 1 saturated carbocycles. The molecule has 0 radical (unpaired) electrons. The average molecular weight is 330 g/mol. The molecule has 1 aliphatic heterocycles. The van der Waals surface area contributed by atoms with Crippen molar-refractivity contribution in [2.75, 3.05) is 26.0 Å². The summed E-state index contributed by atoms with van der Waals surface area (Å²) in [6.07, 6.45) is 6.77. The molecule has 0 aromatic heterocycles. The van der Waals surface area contributed by atoms with Crippen LogP contribution in [0.2, 0.25) is 0 Å². The van der Waals surface area contributed by atoms with E-state index in [0.717, 1.165) is 38.9 Å². The quantitative estimate of drug-likeness (QED) is 0.716. The van der Waals surface area contributed by atoms with Gasteiger partial charge in [0.05, 0.1) is 5.92 Å². The highest BCUT2D eigenvalue weighted by Crippen LogP contribution is 2.33. The summed E-state index contributed by atoms with van der Waals surface area (Å²) in [5.41, 5.74) is 0. The molecule has 1 heterocycles. The van der Waals surface area contributed by atoms with Gasteiger partial charge >= 0.3 is 12.0 Å². The number of nitrogens with one attached hydrogen (secondary N) is 2. The number of amides is 2. The maximum atomic E-state index is 12.0. The molecule has 0 spiro atoms. The van der Waals surface area contributed by atoms with Crippen molar-refractivity contribution in [2.45, 2.75) is 49.3 Å². The van der Waals surface area contributed by atoms with E-state index < -0.39 is 5.97 Å². The van der Waals surface area contributed by atoms with Crippen LogP contribution in [0.5, 0.6) is 0 Å². The van der Waals surface area contributed by atoms with Gasteiger partial charge < -0.3 is 20.5 Å². The molecule has 0 atom stereocenters. The molecule has 1 saturated heterocycles. The third-order valence-corrected chi connectivity index (χ3v) is 6.24. The lowest BCUT2D eigenvalue weighted by molar-refractivity contribution is -0.142. The van der Waals surface area contributed by atoms with Crippen LogP contribution in [0.15, 0.2) is 0 Å². The normalized spacial score (nSPS) is 27.9. The number of aliphatic carboxylic acids is 1. The number of thioether (sulfide) groups is 1. The van der Waals surface area contributed by atoms with Crippen molar-refractivity contribution in [2.24, 2.45) is 5.92 Å². The molecule has 2 rings (SSSR count). The van der Waals surface area contributed by atoms with E-state index >= 15 is 0 Å². The molecule has 0 aromatic carbocycles. The van der Waals surface area contributed by atoms with Gasteiger partial charge in [-0.1, -0.05) is 0 Å². The number of hydrogen-bond acceptors (Lipinski definition) is 4. The van der Waals surface area contributed by atoms with Crippen LogP contribution in [0.3, 0.4) is 0 Å². The summed E-state index contributed by atoms with van der Waals surface area (Å²) in [7, 11) is 0. The fourth-order valence-corrected chi connectivity index (χ4v) is 3.95. The van der Waals surface area contributed by atoms with E-state index in [0.29, 0.717) is 19.4 Å². The van der Waals surface area contributed by atoms with Crippen LogP contribution in [-0.2, 0) is 9.53 Å². The molecule has 6 nitrogen and oxygen atoms in total. The second-order valence-corrected chi connectivity index (χ2v) is 7.49. The van der Waals surface area contributed by atoms with Gasteiger partial charge in [-0.2, -0.15) is 11.8 Å². The van der Waals surface area contributed by atoms with E-state index in [1.165, 1.54) is 0 Å². The first-order chi connectivity index (χ1) is 10.5. The van der Waals surface area contributed by atoms with E-state index in [2.05, 4.69) is 16.9 Å². The monoisotopic (exact) mass is 330 g/mol. The smallest absolute Gasteiger partial charge is 0.315 e. The van der Waals surface area contributed by atoms with Crippen LogP contribution < -0.4 is 10.6 Å². The van der Waals surface area contributed by atoms with Crippen molar-refractivity contribution in [1.82, 2.24) is 10.6 Å². The second kappa shape index (κ2) is 8.06. The summed E-state index contributed by atoms with van der Waals surface area (Å²) in [5.74, 6) is -0.965. The zero-order valence-corrected chi connectivity index (χ0v) is 13.9. The van der Waals surface area contributed by atoms with Gasteiger partial charge in [0.15, 0.2) is 0 Å². The lowest BCUT2D eigenvalue weighted by Gasteiger charge is -2.36. The van der Waals surface area contributed by atoms with Crippen molar-refractivity contribution < 1.29 is 19.4 Å². The number of carbonyl (C=O) groups is 2. The molecular formula is C15H26N2O4S. The van der Waals surface area contributed by atoms with Crippen LogP contribution in [0.1, 0.15) is 38.5 Å². The maximum Gasteiger partial charge on any atom is 0.315 e. The number of carbonyl (C=O) groups excluding carboxylic acids is 1. The highest BCUT2D eigenvalue weighted by Gasteiger charge is 2.32. The van der Waals surface area contributed by atoms with Gasteiger partial charge in [-0.25, -0.2) is 4.79 Å². The van der Waals surface area contributed by atoms with Crippen LogP contribution in [0.25, 0.3) is 0 Å². The Kier molecular flexibility index (Phi) is 6.37. The first-order valence-electron chi connectivity index (χ1n) is 7.95. The Labute approximate surface area is 135 Å². The molecular weight excluding hydrogens is 304 g/mol. The van der Waals surface area contributed by atoms with Gasteiger partial charge in [-0.3, -0.25) is 4.79 Å². The van der Waals surface area contributed by atoms with Crippen molar-refractivity contribution in [3.05, 3.63) is 0 Å². The van der Waals surface area contributed by atoms with E-state index in [4.69, 9.17) is 9.84 Å². The predicted molar refractivity (Wildman–Crippen MR) is 86.2 cm³/mol. The summed E-state index contributed by atoms with van der Waals surface area (Å²) >= 11 is 1.80. The molecule has 2 amide bonds. The molecule has 2 aliphatic rings. The third kappa shape index (κ3) is 4.78. The Balaban J connectivity index is 1.71. The zero-order chi connectivity index (χ0) is 16.0. The first-order valence-corrected chi connectivity index (χ1v) is 9.17. The van der Waals surface area contributed by atoms with Gasteiger partial charge in [0.25, 0.3) is 0 Å². The van der Waals surface area contributed by atoms with Gasteiger partial charge in [-0.05, 0) is 44.8 Å². The number of rotatable bonds is 5. The lowest BCUT2D eigenvalue weighted by Crippen LogP contribution is -2.50. The summed E-state index contributed by atoms with van der Waals surface area (Å²) < 4.78 is 5.47. The topological polar surface area (TPSA) is 87.7 Å². The molecule has 3 N–H and O–H groups in total. The Morgan fingerprint density at radius 2 is 1.86 bits per heavy atom. The Bertz CT molecular complexity index is 391. The maximum absolute atomic E-state index is 12.0. The lowest BCUT2D eigenvalue weighted by atomic mass is 9.86. The van der Waals surface area contributed by atoms with Crippen LogP contribution in [-0.4, -0.2) is 53.9 Å². The van der Waals surface area contributed by atoms with Crippen molar-refractivity contribution in [3.8, 4) is 0 Å². The van der Waals surface area contributed by atoms with Gasteiger partial charge in [0, 0.05) is 30.5 Å². The second-order valence-electron chi connectivity index (χ2n) is 6.21. The number of urea groups is 1. The Morgan fingerprint density at radius 1 is 1.23 bits per heavy atom. The molecule has 0 unspecified atom stereocenters. The number of carboxylic acid groups (broad SMARTS) is 1. The SMILES string of the molecule is CSC1(CNC(=O)NC2CCC(C(=O)O)CC2)CCOCC1. The van der Waals surface area contributed by atoms with Crippen LogP contribution in [0.4, 0.5) is 4.79 Å². The molecule has 126 valence electrons. The highest BCUT2D eigenvalue weighted by molar-refractivity contribution is 8.00. The van der Waals surface area contributed by atoms with E-state index in [1.807, 2.05) is 0 Å². The van der Waals surface area contributed by atoms with Crippen molar-refractivity contribution >= 4 is 23.8 Å². The van der Waals surface area contributed by atoms with Gasteiger partial charge in [-0.15, -0.1) is 0 Å².